The van der Waals surface area contributed by atoms with E-state index >= 15 is 0 Å². The molecule has 3 aliphatic rings. The molecule has 0 saturated heterocycles. The first-order valence-corrected chi connectivity index (χ1v) is 25.7. The summed E-state index contributed by atoms with van der Waals surface area (Å²) in [7, 11) is 0. The van der Waals surface area contributed by atoms with Gasteiger partial charge in [-0.05, 0) is 105 Å². The third-order valence-corrected chi connectivity index (χ3v) is 15.3. The van der Waals surface area contributed by atoms with Crippen LogP contribution in [-0.2, 0) is 9.53 Å². The minimum absolute atomic E-state index is 0.0941. The van der Waals surface area contributed by atoms with E-state index < -0.39 is 5.97 Å². The Balaban J connectivity index is 1.27. The van der Waals surface area contributed by atoms with E-state index in [0.717, 1.165) is 86.0 Å². The van der Waals surface area contributed by atoms with Crippen molar-refractivity contribution in [2.75, 3.05) is 23.0 Å². The number of allylic oxidation sites excluding steroid dienone is 5. The molecule has 1 heterocycles. The molecule has 0 bridgehead atoms. The molecule has 6 nitrogen and oxygen atoms in total. The first-order valence-electron chi connectivity index (χ1n) is 24.5. The average Bonchev–Trinajstić information content (AvgIpc) is 3.76. The average molecular weight is 949 g/mol. The van der Waals surface area contributed by atoms with Gasteiger partial charge in [0.15, 0.2) is 6.04 Å². The Bertz CT molecular complexity index is 2950. The minimum Gasteiger partial charge on any atom is -0.460 e. The number of halogens is 1. The number of nitrogens with zero attached hydrogens (tertiary/aromatic N) is 4. The smallest absolute Gasteiger partial charge is 0.333 e. The SMILES string of the molecule is C=C(C)C(=O)OCCN(c1ccccc1C)c1sc(C(=C2C=CC(=[N+](c3ccccc3)C3CCCCC3)C=C2)c2ccc(N(c3ccccc3)C3CCCCC3)cc2)c(-c2ccccc2Cl)c1C#N. The van der Waals surface area contributed by atoms with Crippen LogP contribution in [0.1, 0.15) is 92.7 Å². The molecule has 0 aliphatic heterocycles. The normalized spacial score (nSPS) is 15.1. The highest BCUT2D eigenvalue weighted by molar-refractivity contribution is 7.18. The summed E-state index contributed by atoms with van der Waals surface area (Å²) < 4.78 is 8.27. The number of benzene rings is 5. The Morgan fingerprint density at radius 1 is 0.768 bits per heavy atom. The van der Waals surface area contributed by atoms with E-state index in [1.54, 1.807) is 18.3 Å². The lowest BCUT2D eigenvalue weighted by molar-refractivity contribution is -0.488. The Morgan fingerprint density at radius 2 is 1.38 bits per heavy atom. The van der Waals surface area contributed by atoms with Crippen LogP contribution < -0.4 is 9.80 Å². The number of anilines is 4. The van der Waals surface area contributed by atoms with Crippen molar-refractivity contribution in [3.63, 3.8) is 0 Å². The number of rotatable bonds is 14. The minimum atomic E-state index is -0.449. The quantitative estimate of drug-likeness (QED) is 0.0618. The molecule has 348 valence electrons. The van der Waals surface area contributed by atoms with Crippen molar-refractivity contribution in [3.05, 3.63) is 202 Å². The predicted molar refractivity (Wildman–Crippen MR) is 288 cm³/mol. The maximum absolute atomic E-state index is 12.7. The molecule has 0 N–H and O–H groups in total. The fraction of sp³-hybridized carbons (Fsp3) is 0.262. The van der Waals surface area contributed by atoms with Gasteiger partial charge < -0.3 is 14.5 Å². The van der Waals surface area contributed by atoms with Crippen LogP contribution in [0.25, 0.3) is 16.7 Å². The number of carbonyl (C=O) groups is 1. The second-order valence-corrected chi connectivity index (χ2v) is 19.8. The zero-order chi connectivity index (χ0) is 47.7. The molecule has 8 heteroatoms. The van der Waals surface area contributed by atoms with Gasteiger partial charge in [-0.3, -0.25) is 0 Å². The number of esters is 1. The molecule has 9 rings (SSSR count). The highest BCUT2D eigenvalue weighted by atomic mass is 35.5. The summed E-state index contributed by atoms with van der Waals surface area (Å²) in [6.07, 6.45) is 21.1. The van der Waals surface area contributed by atoms with Crippen molar-refractivity contribution in [1.82, 2.24) is 0 Å². The van der Waals surface area contributed by atoms with Crippen molar-refractivity contribution in [2.24, 2.45) is 0 Å². The van der Waals surface area contributed by atoms with Crippen molar-refractivity contribution in [1.29, 1.82) is 5.26 Å². The van der Waals surface area contributed by atoms with Crippen LogP contribution >= 0.6 is 22.9 Å². The van der Waals surface area contributed by atoms with Gasteiger partial charge >= 0.3 is 5.97 Å². The zero-order valence-corrected chi connectivity index (χ0v) is 41.3. The van der Waals surface area contributed by atoms with Crippen LogP contribution in [0.4, 0.5) is 27.8 Å². The van der Waals surface area contributed by atoms with Gasteiger partial charge in [-0.1, -0.05) is 129 Å². The molecule has 0 amide bonds. The highest BCUT2D eigenvalue weighted by Gasteiger charge is 2.32. The molecular weight excluding hydrogens is 888 g/mol. The van der Waals surface area contributed by atoms with Gasteiger partial charge in [0.25, 0.3) is 0 Å². The van der Waals surface area contributed by atoms with Crippen LogP contribution in [0.3, 0.4) is 0 Å². The fourth-order valence-corrected chi connectivity index (χ4v) is 12.0. The van der Waals surface area contributed by atoms with Gasteiger partial charge in [-0.15, -0.1) is 11.3 Å². The molecule has 0 radical (unpaired) electrons. The summed E-state index contributed by atoms with van der Waals surface area (Å²) in [5.74, 6) is -0.449. The van der Waals surface area contributed by atoms with E-state index in [2.05, 4.69) is 155 Å². The number of hydrogen-bond donors (Lipinski definition) is 0. The number of aryl methyl sites for hydroxylation is 1. The number of carbonyl (C=O) groups excluding carboxylic acids is 1. The molecule has 6 aromatic rings. The van der Waals surface area contributed by atoms with Crippen molar-refractivity contribution >= 4 is 67.9 Å². The van der Waals surface area contributed by atoms with E-state index in [9.17, 15) is 10.1 Å². The molecular formula is C61H60ClN4O2S+. The lowest BCUT2D eigenvalue weighted by atomic mass is 9.89. The molecule has 0 spiro atoms. The largest absolute Gasteiger partial charge is 0.460 e. The summed E-state index contributed by atoms with van der Waals surface area (Å²) in [5, 5.41) is 12.8. The number of para-hydroxylation sites is 3. The van der Waals surface area contributed by atoms with Gasteiger partial charge in [0.1, 0.15) is 17.7 Å². The fourth-order valence-electron chi connectivity index (χ4n) is 10.4. The van der Waals surface area contributed by atoms with Crippen LogP contribution in [0.15, 0.2) is 175 Å². The Kier molecular flexibility index (Phi) is 15.2. The molecule has 2 saturated carbocycles. The standard InChI is InChI=1S/C61H60ClN4O2S/c1-43(2)61(67)68-41-40-64(56-31-19-16-20-44(56)3)60-54(42-63)58(53-29-17-18-30-55(53)62)59(69-60)57(45-32-36-51(37-33-45)65(47-21-8-4-9-22-47)48-23-10-5-11-24-48)46-34-38-52(39-35-46)66(49-25-12-6-13-26-49)50-27-14-7-15-28-50/h4,6,8-9,12-13,16-22,25-26,29-39,48,50H,1,5,7,10-11,14-15,23-24,27-28,40-41H2,2-3H3/q+1. The predicted octanol–water partition coefficient (Wildman–Crippen LogP) is 16.0. The maximum Gasteiger partial charge on any atom is 0.333 e. The van der Waals surface area contributed by atoms with E-state index in [1.165, 1.54) is 49.9 Å². The molecule has 69 heavy (non-hydrogen) atoms. The van der Waals surface area contributed by atoms with Crippen LogP contribution in [-0.4, -0.2) is 41.5 Å². The lowest BCUT2D eigenvalue weighted by Gasteiger charge is -2.36. The van der Waals surface area contributed by atoms with E-state index in [0.29, 0.717) is 34.8 Å². The number of thiophene rings is 1. The molecule has 2 fully saturated rings. The second-order valence-electron chi connectivity index (χ2n) is 18.4. The third kappa shape index (κ3) is 10.5. The van der Waals surface area contributed by atoms with E-state index in [1.807, 2.05) is 36.4 Å². The molecule has 5 aromatic carbocycles. The molecule has 0 atom stereocenters. The highest BCUT2D eigenvalue weighted by Crippen LogP contribution is 2.51. The summed E-state index contributed by atoms with van der Waals surface area (Å²) in [4.78, 5) is 18.3. The monoisotopic (exact) mass is 947 g/mol. The van der Waals surface area contributed by atoms with E-state index in [4.69, 9.17) is 16.3 Å². The van der Waals surface area contributed by atoms with Crippen LogP contribution in [0.5, 0.6) is 0 Å². The summed E-state index contributed by atoms with van der Waals surface area (Å²) in [6.45, 7) is 7.92. The van der Waals surface area contributed by atoms with Gasteiger partial charge in [0.05, 0.1) is 12.1 Å². The van der Waals surface area contributed by atoms with Gasteiger partial charge in [-0.25, -0.2) is 4.79 Å². The lowest BCUT2D eigenvalue weighted by Crippen LogP contribution is -2.32. The Hall–Kier alpha value is -6.72. The number of hydrogen-bond acceptors (Lipinski definition) is 6. The molecule has 3 aliphatic carbocycles. The summed E-state index contributed by atoms with van der Waals surface area (Å²) in [5.41, 5.74) is 12.1. The van der Waals surface area contributed by atoms with Crippen LogP contribution in [0, 0.1) is 18.3 Å². The summed E-state index contributed by atoms with van der Waals surface area (Å²) >= 11 is 8.78. The van der Waals surface area contributed by atoms with Gasteiger partial charge in [-0.2, -0.15) is 9.84 Å². The van der Waals surface area contributed by atoms with Gasteiger partial charge in [0, 0.05) is 92.4 Å². The van der Waals surface area contributed by atoms with Crippen molar-refractivity contribution < 1.29 is 14.1 Å². The van der Waals surface area contributed by atoms with Crippen LogP contribution in [0.2, 0.25) is 5.02 Å². The van der Waals surface area contributed by atoms with Gasteiger partial charge in [0.2, 0.25) is 11.4 Å². The Labute approximate surface area is 417 Å². The molecule has 1 aromatic heterocycles. The first kappa shape index (κ1) is 47.4. The number of nitriles is 1. The molecule has 0 unspecified atom stereocenters. The zero-order valence-electron chi connectivity index (χ0n) is 39.7. The Morgan fingerprint density at radius 3 is 2.03 bits per heavy atom. The topological polar surface area (TPSA) is 59.6 Å². The van der Waals surface area contributed by atoms with Crippen molar-refractivity contribution in [3.8, 4) is 17.2 Å². The van der Waals surface area contributed by atoms with Crippen molar-refractivity contribution in [2.45, 2.75) is 90.1 Å². The van der Waals surface area contributed by atoms with E-state index in [-0.39, 0.29) is 6.61 Å². The second kappa shape index (κ2) is 22.1. The first-order chi connectivity index (χ1) is 33.8. The summed E-state index contributed by atoms with van der Waals surface area (Å²) in [6, 6.07) is 50.1. The maximum atomic E-state index is 12.7. The third-order valence-electron chi connectivity index (χ3n) is 13.7. The number of ether oxygens (including phenoxy) is 1.